The van der Waals surface area contributed by atoms with Crippen LogP contribution >= 0.6 is 11.3 Å². The summed E-state index contributed by atoms with van der Waals surface area (Å²) in [4.78, 5) is 2.47. The van der Waals surface area contributed by atoms with E-state index >= 15 is 0 Å². The van der Waals surface area contributed by atoms with Gasteiger partial charge >= 0.3 is 0 Å². The zero-order valence-corrected chi connectivity index (χ0v) is 10.3. The molecule has 1 saturated heterocycles. The van der Waals surface area contributed by atoms with Gasteiger partial charge in [0.2, 0.25) is 0 Å². The summed E-state index contributed by atoms with van der Waals surface area (Å²) in [5.41, 5.74) is 1.05. The fraction of sp³-hybridized carbons (Fsp3) is 0.667. The molecule has 3 unspecified atom stereocenters. The number of ether oxygens (including phenoxy) is 1. The summed E-state index contributed by atoms with van der Waals surface area (Å²) < 4.78 is 5.60. The van der Waals surface area contributed by atoms with Crippen molar-refractivity contribution in [2.75, 3.05) is 6.61 Å². The van der Waals surface area contributed by atoms with Crippen LogP contribution in [0.25, 0.3) is 0 Å². The molecule has 15 heavy (non-hydrogen) atoms. The van der Waals surface area contributed by atoms with Crippen LogP contribution in [0.3, 0.4) is 0 Å². The van der Waals surface area contributed by atoms with Crippen molar-refractivity contribution >= 4 is 11.3 Å². The molecule has 1 aliphatic heterocycles. The topological polar surface area (TPSA) is 29.5 Å². The third-order valence-corrected chi connectivity index (χ3v) is 4.14. The summed E-state index contributed by atoms with van der Waals surface area (Å²) in [6, 6.07) is 2.08. The molecular weight excluding hydrogens is 208 g/mol. The van der Waals surface area contributed by atoms with E-state index in [9.17, 15) is 5.11 Å². The van der Waals surface area contributed by atoms with Crippen LogP contribution in [0, 0.1) is 19.8 Å². The van der Waals surface area contributed by atoms with E-state index in [1.165, 1.54) is 9.75 Å². The van der Waals surface area contributed by atoms with Crippen molar-refractivity contribution in [1.82, 2.24) is 0 Å². The highest BCUT2D eigenvalue weighted by molar-refractivity contribution is 7.12. The molecule has 1 fully saturated rings. The van der Waals surface area contributed by atoms with Crippen LogP contribution in [0.5, 0.6) is 0 Å². The van der Waals surface area contributed by atoms with Gasteiger partial charge in [-0.2, -0.15) is 0 Å². The van der Waals surface area contributed by atoms with Gasteiger partial charge in [-0.25, -0.2) is 0 Å². The highest BCUT2D eigenvalue weighted by atomic mass is 32.1. The van der Waals surface area contributed by atoms with Gasteiger partial charge in [0.05, 0.1) is 6.10 Å². The van der Waals surface area contributed by atoms with Crippen molar-refractivity contribution in [3.8, 4) is 0 Å². The largest absolute Gasteiger partial charge is 0.386 e. The standard InChI is InChI=1S/C12H18O2S/c1-7-4-5-14-12(7)11(13)10-6-8(2)15-9(10)3/h6-7,11-13H,4-5H2,1-3H3. The minimum atomic E-state index is -0.451. The van der Waals surface area contributed by atoms with Gasteiger partial charge in [-0.15, -0.1) is 11.3 Å². The van der Waals surface area contributed by atoms with Gasteiger partial charge in [-0.1, -0.05) is 6.92 Å². The van der Waals surface area contributed by atoms with Crippen LogP contribution in [-0.4, -0.2) is 17.8 Å². The lowest BCUT2D eigenvalue weighted by Crippen LogP contribution is -2.23. The lowest BCUT2D eigenvalue weighted by Gasteiger charge is -2.21. The van der Waals surface area contributed by atoms with Crippen LogP contribution in [0.1, 0.15) is 34.8 Å². The first kappa shape index (κ1) is 11.1. The third-order valence-electron chi connectivity index (χ3n) is 3.15. The van der Waals surface area contributed by atoms with Crippen molar-refractivity contribution in [2.45, 2.75) is 39.4 Å². The fourth-order valence-corrected chi connectivity index (χ4v) is 3.21. The second-order valence-electron chi connectivity index (χ2n) is 4.41. The molecule has 0 aromatic carbocycles. The van der Waals surface area contributed by atoms with Crippen LogP contribution in [0.15, 0.2) is 6.07 Å². The van der Waals surface area contributed by atoms with E-state index in [2.05, 4.69) is 26.8 Å². The predicted octanol–water partition coefficient (Wildman–Crippen LogP) is 2.82. The predicted molar refractivity (Wildman–Crippen MR) is 62.3 cm³/mol. The van der Waals surface area contributed by atoms with E-state index in [1.807, 2.05) is 0 Å². The van der Waals surface area contributed by atoms with Gasteiger partial charge in [0.25, 0.3) is 0 Å². The minimum Gasteiger partial charge on any atom is -0.386 e. The van der Waals surface area contributed by atoms with E-state index in [-0.39, 0.29) is 6.10 Å². The van der Waals surface area contributed by atoms with E-state index in [4.69, 9.17) is 4.74 Å². The van der Waals surface area contributed by atoms with E-state index < -0.39 is 6.10 Å². The molecule has 3 heteroatoms. The zero-order chi connectivity index (χ0) is 11.0. The number of aliphatic hydroxyl groups is 1. The molecule has 84 valence electrons. The quantitative estimate of drug-likeness (QED) is 0.840. The lowest BCUT2D eigenvalue weighted by molar-refractivity contribution is -0.0178. The van der Waals surface area contributed by atoms with E-state index in [1.54, 1.807) is 11.3 Å². The maximum atomic E-state index is 10.3. The summed E-state index contributed by atoms with van der Waals surface area (Å²) in [6.07, 6.45) is 0.592. The van der Waals surface area contributed by atoms with Crippen LogP contribution in [0.2, 0.25) is 0 Å². The van der Waals surface area contributed by atoms with Gasteiger partial charge in [-0.05, 0) is 37.8 Å². The first-order valence-electron chi connectivity index (χ1n) is 5.46. The molecule has 1 aromatic rings. The summed E-state index contributed by atoms with van der Waals surface area (Å²) in [6.45, 7) is 7.07. The summed E-state index contributed by atoms with van der Waals surface area (Å²) in [5, 5.41) is 10.3. The third kappa shape index (κ3) is 2.10. The highest BCUT2D eigenvalue weighted by Crippen LogP contribution is 2.35. The summed E-state index contributed by atoms with van der Waals surface area (Å²) in [7, 11) is 0. The Labute approximate surface area is 94.9 Å². The number of hydrogen-bond acceptors (Lipinski definition) is 3. The average molecular weight is 226 g/mol. The number of aryl methyl sites for hydroxylation is 2. The molecule has 1 N–H and O–H groups in total. The molecule has 0 radical (unpaired) electrons. The minimum absolute atomic E-state index is 0.0160. The second-order valence-corrected chi connectivity index (χ2v) is 5.88. The van der Waals surface area contributed by atoms with Crippen molar-refractivity contribution in [2.24, 2.45) is 5.92 Å². The number of rotatable bonds is 2. The highest BCUT2D eigenvalue weighted by Gasteiger charge is 2.32. The van der Waals surface area contributed by atoms with Gasteiger partial charge < -0.3 is 9.84 Å². The molecule has 1 aliphatic rings. The molecular formula is C12H18O2S. The SMILES string of the molecule is Cc1cc(C(O)C2OCCC2C)c(C)s1. The van der Waals surface area contributed by atoms with Gasteiger partial charge in [0, 0.05) is 16.4 Å². The fourth-order valence-electron chi connectivity index (χ4n) is 2.24. The second kappa shape index (κ2) is 4.24. The molecule has 3 atom stereocenters. The number of aliphatic hydroxyl groups excluding tert-OH is 1. The molecule has 2 heterocycles. The molecule has 1 aromatic heterocycles. The Morgan fingerprint density at radius 1 is 1.53 bits per heavy atom. The lowest BCUT2D eigenvalue weighted by atomic mass is 9.95. The van der Waals surface area contributed by atoms with Gasteiger partial charge in [-0.3, -0.25) is 0 Å². The van der Waals surface area contributed by atoms with Gasteiger partial charge in [0.15, 0.2) is 0 Å². The van der Waals surface area contributed by atoms with Crippen LogP contribution in [0.4, 0.5) is 0 Å². The molecule has 0 amide bonds. The zero-order valence-electron chi connectivity index (χ0n) is 9.49. The first-order chi connectivity index (χ1) is 7.09. The van der Waals surface area contributed by atoms with E-state index in [0.717, 1.165) is 18.6 Å². The Bertz CT molecular complexity index is 345. The van der Waals surface area contributed by atoms with Gasteiger partial charge in [0.1, 0.15) is 6.10 Å². The molecule has 0 aliphatic carbocycles. The Kier molecular flexibility index (Phi) is 3.14. The smallest absolute Gasteiger partial charge is 0.106 e. The van der Waals surface area contributed by atoms with Crippen LogP contribution < -0.4 is 0 Å². The Morgan fingerprint density at radius 2 is 2.27 bits per heavy atom. The van der Waals surface area contributed by atoms with Crippen molar-refractivity contribution in [3.05, 3.63) is 21.4 Å². The Hall–Kier alpha value is -0.380. The normalized spacial score (nSPS) is 28.3. The summed E-state index contributed by atoms with van der Waals surface area (Å²) >= 11 is 1.74. The molecule has 0 spiro atoms. The number of thiophene rings is 1. The summed E-state index contributed by atoms with van der Waals surface area (Å²) in [5.74, 6) is 0.458. The number of hydrogen-bond donors (Lipinski definition) is 1. The maximum Gasteiger partial charge on any atom is 0.106 e. The maximum absolute atomic E-state index is 10.3. The van der Waals surface area contributed by atoms with Crippen molar-refractivity contribution in [1.29, 1.82) is 0 Å². The molecule has 2 rings (SSSR count). The molecule has 2 nitrogen and oxygen atoms in total. The van der Waals surface area contributed by atoms with Crippen molar-refractivity contribution < 1.29 is 9.84 Å². The molecule has 0 bridgehead atoms. The average Bonchev–Trinajstić information content (AvgIpc) is 2.71. The Balaban J connectivity index is 2.19. The van der Waals surface area contributed by atoms with E-state index in [0.29, 0.717) is 5.92 Å². The Morgan fingerprint density at radius 3 is 2.73 bits per heavy atom. The monoisotopic (exact) mass is 226 g/mol. The first-order valence-corrected chi connectivity index (χ1v) is 6.28. The van der Waals surface area contributed by atoms with Crippen LogP contribution in [-0.2, 0) is 4.74 Å². The van der Waals surface area contributed by atoms with Crippen molar-refractivity contribution in [3.63, 3.8) is 0 Å². The molecule has 0 saturated carbocycles.